The highest BCUT2D eigenvalue weighted by atomic mass is 16.6. The molecule has 0 aliphatic heterocycles. The molecule has 0 bridgehead atoms. The molecule has 1 atom stereocenters. The summed E-state index contributed by atoms with van der Waals surface area (Å²) >= 11 is 0. The van der Waals surface area contributed by atoms with Crippen molar-refractivity contribution in [2.24, 2.45) is 0 Å². The number of methoxy groups -OCH3 is 2. The lowest BCUT2D eigenvalue weighted by Crippen LogP contribution is -2.33. The first-order chi connectivity index (χ1) is 11.4. The van der Waals surface area contributed by atoms with Crippen LogP contribution in [0.1, 0.15) is 12.5 Å². The van der Waals surface area contributed by atoms with Crippen LogP contribution in [-0.2, 0) is 35.0 Å². The summed E-state index contributed by atoms with van der Waals surface area (Å²) in [5.74, 6) is -1.75. The Morgan fingerprint density at radius 3 is 2.50 bits per heavy atom. The van der Waals surface area contributed by atoms with Crippen LogP contribution in [0.25, 0.3) is 0 Å². The normalized spacial score (nSPS) is 11.3. The van der Waals surface area contributed by atoms with Crippen LogP contribution in [-0.4, -0.2) is 44.8 Å². The van der Waals surface area contributed by atoms with Gasteiger partial charge in [0, 0.05) is 12.7 Å². The van der Waals surface area contributed by atoms with Gasteiger partial charge < -0.3 is 18.9 Å². The molecule has 1 aromatic rings. The fourth-order valence-corrected chi connectivity index (χ4v) is 1.67. The molecule has 0 N–H and O–H groups in total. The van der Waals surface area contributed by atoms with Crippen molar-refractivity contribution in [2.75, 3.05) is 20.8 Å². The number of carbonyl (C=O) groups is 3. The molecule has 1 rings (SSSR count). The zero-order valence-electron chi connectivity index (χ0n) is 13.9. The summed E-state index contributed by atoms with van der Waals surface area (Å²) in [5, 5.41) is 0. The van der Waals surface area contributed by atoms with Gasteiger partial charge in [-0.05, 0) is 24.6 Å². The van der Waals surface area contributed by atoms with Gasteiger partial charge in [-0.15, -0.1) is 0 Å². The molecule has 0 saturated heterocycles. The molecule has 24 heavy (non-hydrogen) atoms. The standard InChI is InChI=1S/C17H20O7/c1-11(2)16(19)23-10-14(22-4)17(20)24-15(18)9-12-6-5-7-13(8-12)21-3/h5-8,14H,1,9-10H2,2-4H3. The zero-order chi connectivity index (χ0) is 18.1. The van der Waals surface area contributed by atoms with Gasteiger partial charge in [-0.2, -0.15) is 0 Å². The van der Waals surface area contributed by atoms with Crippen LogP contribution in [0.2, 0.25) is 0 Å². The second-order valence-corrected chi connectivity index (χ2v) is 4.92. The molecular weight excluding hydrogens is 316 g/mol. The van der Waals surface area contributed by atoms with Gasteiger partial charge >= 0.3 is 17.9 Å². The average Bonchev–Trinajstić information content (AvgIpc) is 2.54. The largest absolute Gasteiger partial charge is 0.497 e. The highest BCUT2D eigenvalue weighted by Gasteiger charge is 2.24. The highest BCUT2D eigenvalue weighted by Crippen LogP contribution is 2.13. The number of rotatable bonds is 8. The van der Waals surface area contributed by atoms with Crippen LogP contribution in [0.4, 0.5) is 0 Å². The molecule has 1 aromatic carbocycles. The van der Waals surface area contributed by atoms with Gasteiger partial charge in [0.2, 0.25) is 0 Å². The first kappa shape index (κ1) is 19.4. The zero-order valence-corrected chi connectivity index (χ0v) is 13.9. The number of carbonyl (C=O) groups excluding carboxylic acids is 3. The maximum atomic E-state index is 11.9. The Kier molecular flexibility index (Phi) is 7.64. The van der Waals surface area contributed by atoms with Crippen LogP contribution < -0.4 is 4.74 Å². The number of hydrogen-bond donors (Lipinski definition) is 0. The Labute approximate surface area is 140 Å². The molecule has 0 fully saturated rings. The second-order valence-electron chi connectivity index (χ2n) is 4.92. The maximum absolute atomic E-state index is 11.9. The maximum Gasteiger partial charge on any atom is 0.346 e. The third-order valence-electron chi connectivity index (χ3n) is 2.96. The predicted octanol–water partition coefficient (Wildman–Crippen LogP) is 1.44. The van der Waals surface area contributed by atoms with Crippen molar-refractivity contribution in [1.29, 1.82) is 0 Å². The van der Waals surface area contributed by atoms with Gasteiger partial charge in [0.15, 0.2) is 6.10 Å². The Hall–Kier alpha value is -2.67. The van der Waals surface area contributed by atoms with E-state index >= 15 is 0 Å². The minimum Gasteiger partial charge on any atom is -0.497 e. The fourth-order valence-electron chi connectivity index (χ4n) is 1.67. The summed E-state index contributed by atoms with van der Waals surface area (Å²) in [6, 6.07) is 6.82. The monoisotopic (exact) mass is 336 g/mol. The SMILES string of the molecule is C=C(C)C(=O)OCC(OC)C(=O)OC(=O)Cc1cccc(OC)c1. The summed E-state index contributed by atoms with van der Waals surface area (Å²) < 4.78 is 19.5. The van der Waals surface area contributed by atoms with Crippen LogP contribution in [0.15, 0.2) is 36.4 Å². The molecule has 7 heteroatoms. The van der Waals surface area contributed by atoms with Crippen LogP contribution in [0.5, 0.6) is 5.75 Å². The summed E-state index contributed by atoms with van der Waals surface area (Å²) in [7, 11) is 2.75. The molecule has 0 saturated carbocycles. The summed E-state index contributed by atoms with van der Waals surface area (Å²) in [6.45, 7) is 4.52. The minimum absolute atomic E-state index is 0.106. The van der Waals surface area contributed by atoms with Crippen molar-refractivity contribution >= 4 is 17.9 Å². The molecule has 0 heterocycles. The van der Waals surface area contributed by atoms with Gasteiger partial charge in [0.25, 0.3) is 0 Å². The van der Waals surface area contributed by atoms with E-state index in [2.05, 4.69) is 6.58 Å². The van der Waals surface area contributed by atoms with Crippen LogP contribution >= 0.6 is 0 Å². The van der Waals surface area contributed by atoms with E-state index in [4.69, 9.17) is 18.9 Å². The number of benzene rings is 1. The van der Waals surface area contributed by atoms with Crippen molar-refractivity contribution in [1.82, 2.24) is 0 Å². The molecule has 0 aliphatic rings. The smallest absolute Gasteiger partial charge is 0.346 e. The molecule has 7 nitrogen and oxygen atoms in total. The highest BCUT2D eigenvalue weighted by molar-refractivity contribution is 5.90. The Balaban J connectivity index is 2.55. The third-order valence-corrected chi connectivity index (χ3v) is 2.96. The van der Waals surface area contributed by atoms with Crippen molar-refractivity contribution < 1.29 is 33.3 Å². The van der Waals surface area contributed by atoms with E-state index in [1.54, 1.807) is 24.3 Å². The van der Waals surface area contributed by atoms with Gasteiger partial charge in [0.05, 0.1) is 13.5 Å². The van der Waals surface area contributed by atoms with Gasteiger partial charge in [-0.25, -0.2) is 9.59 Å². The fraction of sp³-hybridized carbons (Fsp3) is 0.353. The van der Waals surface area contributed by atoms with Gasteiger partial charge in [0.1, 0.15) is 12.4 Å². The Morgan fingerprint density at radius 1 is 1.21 bits per heavy atom. The topological polar surface area (TPSA) is 88.1 Å². The van der Waals surface area contributed by atoms with E-state index in [-0.39, 0.29) is 18.6 Å². The molecule has 0 radical (unpaired) electrons. The summed E-state index contributed by atoms with van der Waals surface area (Å²) in [6.07, 6.45) is -1.30. The number of ether oxygens (including phenoxy) is 4. The van der Waals surface area contributed by atoms with E-state index in [1.165, 1.54) is 21.1 Å². The van der Waals surface area contributed by atoms with Gasteiger partial charge in [-0.1, -0.05) is 18.7 Å². The quantitative estimate of drug-likeness (QED) is 0.403. The van der Waals surface area contributed by atoms with E-state index < -0.39 is 24.0 Å². The lowest BCUT2D eigenvalue weighted by atomic mass is 10.1. The lowest BCUT2D eigenvalue weighted by molar-refractivity contribution is -0.169. The van der Waals surface area contributed by atoms with Crippen molar-refractivity contribution in [3.8, 4) is 5.75 Å². The first-order valence-electron chi connectivity index (χ1n) is 7.10. The van der Waals surface area contributed by atoms with E-state index in [9.17, 15) is 14.4 Å². The van der Waals surface area contributed by atoms with Crippen LogP contribution in [0, 0.1) is 0 Å². The molecule has 130 valence electrons. The van der Waals surface area contributed by atoms with E-state index in [0.717, 1.165) is 0 Å². The van der Waals surface area contributed by atoms with Crippen molar-refractivity contribution in [2.45, 2.75) is 19.4 Å². The number of hydrogen-bond acceptors (Lipinski definition) is 7. The molecule has 1 unspecified atom stereocenters. The Bertz CT molecular complexity index is 621. The predicted molar refractivity (Wildman–Crippen MR) is 84.4 cm³/mol. The number of esters is 3. The molecule has 0 aromatic heterocycles. The van der Waals surface area contributed by atoms with Gasteiger partial charge in [-0.3, -0.25) is 4.79 Å². The molecular formula is C17H20O7. The van der Waals surface area contributed by atoms with Crippen molar-refractivity contribution in [3.05, 3.63) is 42.0 Å². The van der Waals surface area contributed by atoms with E-state index in [1.807, 2.05) is 0 Å². The second kappa shape index (κ2) is 9.46. The third kappa shape index (κ3) is 6.21. The lowest BCUT2D eigenvalue weighted by Gasteiger charge is -2.14. The average molecular weight is 336 g/mol. The van der Waals surface area contributed by atoms with Crippen LogP contribution in [0.3, 0.4) is 0 Å². The summed E-state index contributed by atoms with van der Waals surface area (Å²) in [4.78, 5) is 35.0. The van der Waals surface area contributed by atoms with Crippen molar-refractivity contribution in [3.63, 3.8) is 0 Å². The Morgan fingerprint density at radius 2 is 1.92 bits per heavy atom. The molecule has 0 amide bonds. The summed E-state index contributed by atoms with van der Waals surface area (Å²) in [5.41, 5.74) is 0.821. The van der Waals surface area contributed by atoms with E-state index in [0.29, 0.717) is 11.3 Å². The first-order valence-corrected chi connectivity index (χ1v) is 7.10. The molecule has 0 aliphatic carbocycles. The molecule has 0 spiro atoms. The minimum atomic E-state index is -1.19.